The normalized spacial score (nSPS) is 18.7. The number of rotatable bonds is 5. The maximum Gasteiger partial charge on any atom is 0.226 e. The minimum absolute atomic E-state index is 0.111. The zero-order valence-corrected chi connectivity index (χ0v) is 12.7. The van der Waals surface area contributed by atoms with Crippen LogP contribution in [-0.4, -0.2) is 42.5 Å². The van der Waals surface area contributed by atoms with Crippen LogP contribution in [0.25, 0.3) is 0 Å². The lowest BCUT2D eigenvalue weighted by Crippen LogP contribution is -2.32. The molecule has 0 aromatic carbocycles. The van der Waals surface area contributed by atoms with Gasteiger partial charge >= 0.3 is 0 Å². The van der Waals surface area contributed by atoms with Gasteiger partial charge in [-0.2, -0.15) is 4.98 Å². The van der Waals surface area contributed by atoms with Crippen molar-refractivity contribution in [3.63, 3.8) is 0 Å². The molecule has 20 heavy (non-hydrogen) atoms. The highest BCUT2D eigenvalue weighted by Crippen LogP contribution is 2.18. The molecule has 0 atom stereocenters. The summed E-state index contributed by atoms with van der Waals surface area (Å²) < 4.78 is 28.3. The largest absolute Gasteiger partial charge is 0.478 e. The Morgan fingerprint density at radius 2 is 2.05 bits per heavy atom. The first-order valence-electron chi connectivity index (χ1n) is 6.94. The quantitative estimate of drug-likeness (QED) is 0.888. The summed E-state index contributed by atoms with van der Waals surface area (Å²) in [5.41, 5.74) is 0.831. The molecule has 1 fully saturated rings. The molecule has 6 nitrogen and oxygen atoms in total. The summed E-state index contributed by atoms with van der Waals surface area (Å²) >= 11 is 0. The molecule has 1 aromatic rings. The summed E-state index contributed by atoms with van der Waals surface area (Å²) in [6.07, 6.45) is 2.13. The predicted molar refractivity (Wildman–Crippen MR) is 77.9 cm³/mol. The van der Waals surface area contributed by atoms with E-state index in [2.05, 4.69) is 15.3 Å². The van der Waals surface area contributed by atoms with Gasteiger partial charge in [0.15, 0.2) is 0 Å². The lowest BCUT2D eigenvalue weighted by Gasteiger charge is -2.23. The Morgan fingerprint density at radius 3 is 2.70 bits per heavy atom. The van der Waals surface area contributed by atoms with Crippen LogP contribution in [0, 0.1) is 6.92 Å². The highest BCUT2D eigenvalue weighted by atomic mass is 32.2. The molecule has 0 saturated carbocycles. The van der Waals surface area contributed by atoms with Crippen molar-refractivity contribution in [2.24, 2.45) is 0 Å². The predicted octanol–water partition coefficient (Wildman–Crippen LogP) is 1.56. The van der Waals surface area contributed by atoms with E-state index in [1.807, 2.05) is 13.8 Å². The zero-order chi connectivity index (χ0) is 14.6. The highest BCUT2D eigenvalue weighted by Gasteiger charge is 2.24. The minimum atomic E-state index is -2.84. The van der Waals surface area contributed by atoms with Crippen molar-refractivity contribution in [2.45, 2.75) is 39.2 Å². The van der Waals surface area contributed by atoms with Gasteiger partial charge in [0.2, 0.25) is 11.8 Å². The van der Waals surface area contributed by atoms with Gasteiger partial charge in [-0.15, -0.1) is 0 Å². The summed E-state index contributed by atoms with van der Waals surface area (Å²) in [5.74, 6) is 1.54. The van der Waals surface area contributed by atoms with Crippen molar-refractivity contribution in [2.75, 3.05) is 23.4 Å². The van der Waals surface area contributed by atoms with E-state index in [1.54, 1.807) is 6.07 Å². The van der Waals surface area contributed by atoms with Gasteiger partial charge < -0.3 is 10.1 Å². The lowest BCUT2D eigenvalue weighted by molar-refractivity contribution is 0.304. The molecular formula is C13H21N3O3S. The Balaban J connectivity index is 2.00. The molecule has 112 valence electrons. The Kier molecular flexibility index (Phi) is 4.80. The number of nitrogens with one attached hydrogen (secondary N) is 1. The molecule has 0 bridgehead atoms. The maximum absolute atomic E-state index is 11.4. The third-order valence-corrected chi connectivity index (χ3v) is 4.89. The third kappa shape index (κ3) is 4.33. The third-order valence-electron chi connectivity index (χ3n) is 3.17. The molecule has 0 spiro atoms. The van der Waals surface area contributed by atoms with Gasteiger partial charge in [0, 0.05) is 17.8 Å². The number of anilines is 1. The number of ether oxygens (including phenoxy) is 1. The standard InChI is InChI=1S/C13H21N3O3S/c1-3-6-19-12-9-10(2)14-13(16-12)15-11-4-7-20(17,18)8-5-11/h9,11H,3-8H2,1-2H3,(H,14,15,16). The molecule has 7 heteroatoms. The Labute approximate surface area is 119 Å². The number of sulfone groups is 1. The Morgan fingerprint density at radius 1 is 1.35 bits per heavy atom. The first-order chi connectivity index (χ1) is 9.48. The van der Waals surface area contributed by atoms with Gasteiger partial charge in [-0.1, -0.05) is 6.92 Å². The van der Waals surface area contributed by atoms with Gasteiger partial charge in [-0.3, -0.25) is 0 Å². The molecular weight excluding hydrogens is 278 g/mol. The lowest BCUT2D eigenvalue weighted by atomic mass is 10.2. The molecule has 1 aromatic heterocycles. The van der Waals surface area contributed by atoms with E-state index in [-0.39, 0.29) is 17.5 Å². The second kappa shape index (κ2) is 6.39. The summed E-state index contributed by atoms with van der Waals surface area (Å²) in [5, 5.41) is 3.21. The second-order valence-electron chi connectivity index (χ2n) is 5.09. The van der Waals surface area contributed by atoms with E-state index in [0.717, 1.165) is 12.1 Å². The number of hydrogen-bond donors (Lipinski definition) is 1. The monoisotopic (exact) mass is 299 g/mol. The zero-order valence-electron chi connectivity index (χ0n) is 11.9. The van der Waals surface area contributed by atoms with Gasteiger partial charge in [-0.25, -0.2) is 13.4 Å². The van der Waals surface area contributed by atoms with Crippen molar-refractivity contribution in [3.05, 3.63) is 11.8 Å². The van der Waals surface area contributed by atoms with Gasteiger partial charge in [0.25, 0.3) is 0 Å². The van der Waals surface area contributed by atoms with Crippen molar-refractivity contribution >= 4 is 15.8 Å². The molecule has 0 amide bonds. The fraction of sp³-hybridized carbons (Fsp3) is 0.692. The van der Waals surface area contributed by atoms with Crippen LogP contribution in [-0.2, 0) is 9.84 Å². The molecule has 1 aliphatic rings. The van der Waals surface area contributed by atoms with E-state index in [9.17, 15) is 8.42 Å². The van der Waals surface area contributed by atoms with E-state index >= 15 is 0 Å². The fourth-order valence-electron chi connectivity index (χ4n) is 2.10. The summed E-state index contributed by atoms with van der Waals surface area (Å²) in [6, 6.07) is 1.91. The Bertz CT molecular complexity index is 546. The van der Waals surface area contributed by atoms with E-state index in [0.29, 0.717) is 31.3 Å². The Hall–Kier alpha value is -1.37. The van der Waals surface area contributed by atoms with Crippen LogP contribution in [0.15, 0.2) is 6.07 Å². The smallest absolute Gasteiger partial charge is 0.226 e. The molecule has 0 radical (unpaired) electrons. The van der Waals surface area contributed by atoms with E-state index in [4.69, 9.17) is 4.74 Å². The van der Waals surface area contributed by atoms with Crippen molar-refractivity contribution < 1.29 is 13.2 Å². The number of hydrogen-bond acceptors (Lipinski definition) is 6. The van der Waals surface area contributed by atoms with Gasteiger partial charge in [0.1, 0.15) is 9.84 Å². The number of aryl methyl sites for hydroxylation is 1. The first-order valence-corrected chi connectivity index (χ1v) is 8.76. The van der Waals surface area contributed by atoms with Crippen LogP contribution in [0.1, 0.15) is 31.9 Å². The molecule has 0 unspecified atom stereocenters. The molecule has 1 aliphatic heterocycles. The second-order valence-corrected chi connectivity index (χ2v) is 7.39. The number of nitrogens with zero attached hydrogens (tertiary/aromatic N) is 2. The number of aromatic nitrogens is 2. The average molecular weight is 299 g/mol. The fourth-order valence-corrected chi connectivity index (χ4v) is 3.59. The van der Waals surface area contributed by atoms with Crippen LogP contribution >= 0.6 is 0 Å². The first kappa shape index (κ1) is 15.0. The van der Waals surface area contributed by atoms with Crippen LogP contribution in [0.4, 0.5) is 5.95 Å². The SMILES string of the molecule is CCCOc1cc(C)nc(NC2CCS(=O)(=O)CC2)n1. The van der Waals surface area contributed by atoms with E-state index in [1.165, 1.54) is 0 Å². The maximum atomic E-state index is 11.4. The molecule has 0 aliphatic carbocycles. The van der Waals surface area contributed by atoms with Crippen molar-refractivity contribution in [1.82, 2.24) is 9.97 Å². The summed E-state index contributed by atoms with van der Waals surface area (Å²) in [7, 11) is -2.84. The summed E-state index contributed by atoms with van der Waals surface area (Å²) in [4.78, 5) is 8.63. The van der Waals surface area contributed by atoms with Crippen molar-refractivity contribution in [3.8, 4) is 5.88 Å². The van der Waals surface area contributed by atoms with Crippen molar-refractivity contribution in [1.29, 1.82) is 0 Å². The van der Waals surface area contributed by atoms with Gasteiger partial charge in [0.05, 0.1) is 18.1 Å². The molecule has 1 saturated heterocycles. The van der Waals surface area contributed by atoms with E-state index < -0.39 is 9.84 Å². The molecule has 1 N–H and O–H groups in total. The molecule has 2 heterocycles. The topological polar surface area (TPSA) is 81.2 Å². The minimum Gasteiger partial charge on any atom is -0.478 e. The van der Waals surface area contributed by atoms with Crippen LogP contribution < -0.4 is 10.1 Å². The summed E-state index contributed by atoms with van der Waals surface area (Å²) in [6.45, 7) is 4.55. The van der Waals surface area contributed by atoms with Crippen LogP contribution in [0.2, 0.25) is 0 Å². The average Bonchev–Trinajstić information content (AvgIpc) is 2.38. The molecule has 2 rings (SSSR count). The van der Waals surface area contributed by atoms with Crippen LogP contribution in [0.5, 0.6) is 5.88 Å². The highest BCUT2D eigenvalue weighted by molar-refractivity contribution is 7.91. The van der Waals surface area contributed by atoms with Gasteiger partial charge in [-0.05, 0) is 26.2 Å². The van der Waals surface area contributed by atoms with Crippen LogP contribution in [0.3, 0.4) is 0 Å².